The molecule has 14 heteroatoms. The summed E-state index contributed by atoms with van der Waals surface area (Å²) in [4.78, 5) is 48.5. The molecule has 0 saturated carbocycles. The molecule has 2 heterocycles. The van der Waals surface area contributed by atoms with Gasteiger partial charge in [-0.1, -0.05) is 42.5 Å². The molecule has 1 fully saturated rings. The number of guanidine groups is 1. The molecular weight excluding hydrogens is 600 g/mol. The Kier molecular flexibility index (Phi) is 10.5. The van der Waals surface area contributed by atoms with Crippen molar-refractivity contribution in [1.82, 2.24) is 14.9 Å². The number of carbonyl (C=O) groups excluding carboxylic acids is 3. The summed E-state index contributed by atoms with van der Waals surface area (Å²) in [6.45, 7) is 3.28. The Morgan fingerprint density at radius 2 is 1.76 bits per heavy atom. The summed E-state index contributed by atoms with van der Waals surface area (Å²) in [5.41, 5.74) is 7.41. The number of rotatable bonds is 9. The van der Waals surface area contributed by atoms with E-state index in [2.05, 4.69) is 10.0 Å². The van der Waals surface area contributed by atoms with Crippen LogP contribution in [0.15, 0.2) is 65.6 Å². The number of anilines is 1. The largest absolute Gasteiger partial charge is 0.480 e. The number of hydrogen-bond donors (Lipinski definition) is 5. The van der Waals surface area contributed by atoms with Crippen molar-refractivity contribution in [2.75, 3.05) is 37.6 Å². The second kappa shape index (κ2) is 14.3. The molecule has 1 saturated heterocycles. The van der Waals surface area contributed by atoms with Gasteiger partial charge in [0.15, 0.2) is 5.96 Å². The maximum atomic E-state index is 12.8. The minimum atomic E-state index is -3.59. The van der Waals surface area contributed by atoms with Crippen LogP contribution < -0.4 is 20.7 Å². The van der Waals surface area contributed by atoms with Crippen LogP contribution in [0.5, 0.6) is 0 Å². The summed E-state index contributed by atoms with van der Waals surface area (Å²) in [5, 5.41) is 19.9. The average Bonchev–Trinajstić information content (AvgIpc) is 3.27. The number of hydrogen-bond acceptors (Lipinski definition) is 7. The fraction of sp³-hybridized carbons (Fsp3) is 0.323. The van der Waals surface area contributed by atoms with Crippen molar-refractivity contribution in [3.8, 4) is 0 Å². The van der Waals surface area contributed by atoms with E-state index >= 15 is 0 Å². The molecule has 3 aromatic carbocycles. The number of carboxylic acid groups (broad SMARTS) is 1. The maximum absolute atomic E-state index is 12.8. The van der Waals surface area contributed by atoms with Crippen LogP contribution in [0.2, 0.25) is 0 Å². The van der Waals surface area contributed by atoms with Crippen LogP contribution in [0.3, 0.4) is 0 Å². The average molecular weight is 637 g/mol. The first-order valence-electron chi connectivity index (χ1n) is 14.4. The number of Topliss-reactive ketones (excluding diaryl/α,β-unsaturated/α-hetero) is 1. The molecule has 2 amide bonds. The normalized spacial score (nSPS) is 16.2. The van der Waals surface area contributed by atoms with Gasteiger partial charge in [-0.3, -0.25) is 24.6 Å². The van der Waals surface area contributed by atoms with Crippen molar-refractivity contribution >= 4 is 56.0 Å². The third-order valence-electron chi connectivity index (χ3n) is 7.69. The Morgan fingerprint density at radius 1 is 1.04 bits per heavy atom. The summed E-state index contributed by atoms with van der Waals surface area (Å²) in [5.74, 6) is -2.68. The summed E-state index contributed by atoms with van der Waals surface area (Å²) < 4.78 is 28.4. The molecule has 0 aromatic heterocycles. The highest BCUT2D eigenvalue weighted by molar-refractivity contribution is 7.89. The number of fused-ring (bicyclic) bond motifs is 2. The molecule has 2 aliphatic heterocycles. The molecule has 1 atom stereocenters. The van der Waals surface area contributed by atoms with Gasteiger partial charge in [0.1, 0.15) is 6.54 Å². The number of sulfonamides is 1. The van der Waals surface area contributed by atoms with Crippen molar-refractivity contribution in [3.63, 3.8) is 0 Å². The fourth-order valence-electron chi connectivity index (χ4n) is 5.37. The molecule has 0 aliphatic carbocycles. The van der Waals surface area contributed by atoms with Crippen LogP contribution in [0.1, 0.15) is 35.2 Å². The Hall–Kier alpha value is -4.82. The maximum Gasteiger partial charge on any atom is 0.322 e. The zero-order chi connectivity index (χ0) is 32.7. The Balaban J connectivity index is 0.000000210. The van der Waals surface area contributed by atoms with Gasteiger partial charge in [-0.2, -0.15) is 0 Å². The highest BCUT2D eigenvalue weighted by Crippen LogP contribution is 2.28. The Morgan fingerprint density at radius 3 is 2.49 bits per heavy atom. The number of nitrogens with one attached hydrogen (secondary N) is 3. The van der Waals surface area contributed by atoms with Gasteiger partial charge >= 0.3 is 5.97 Å². The number of piperidine rings is 1. The molecule has 3 aromatic rings. The van der Waals surface area contributed by atoms with Crippen LogP contribution in [-0.2, 0) is 24.4 Å². The van der Waals surface area contributed by atoms with Crippen molar-refractivity contribution in [2.24, 2.45) is 11.7 Å². The summed E-state index contributed by atoms with van der Waals surface area (Å²) in [6, 6.07) is 17.6. The zero-order valence-corrected chi connectivity index (χ0v) is 25.6. The van der Waals surface area contributed by atoms with Crippen molar-refractivity contribution in [1.29, 1.82) is 5.41 Å². The van der Waals surface area contributed by atoms with Crippen LogP contribution >= 0.6 is 0 Å². The second-order valence-electron chi connectivity index (χ2n) is 10.8. The molecule has 45 heavy (non-hydrogen) atoms. The van der Waals surface area contributed by atoms with Crippen LogP contribution in [0, 0.1) is 18.3 Å². The van der Waals surface area contributed by atoms with E-state index in [1.54, 1.807) is 41.3 Å². The quantitative estimate of drug-likeness (QED) is 0.132. The molecule has 0 unspecified atom stereocenters. The van der Waals surface area contributed by atoms with E-state index in [-0.39, 0.29) is 24.8 Å². The van der Waals surface area contributed by atoms with Crippen molar-refractivity contribution in [3.05, 3.63) is 71.8 Å². The lowest BCUT2D eigenvalue weighted by molar-refractivity contribution is -0.137. The topological polar surface area (TPSA) is 203 Å². The van der Waals surface area contributed by atoms with Gasteiger partial charge in [0.05, 0.1) is 16.1 Å². The zero-order valence-electron chi connectivity index (χ0n) is 24.8. The molecule has 5 rings (SSSR count). The van der Waals surface area contributed by atoms with Crippen LogP contribution in [0.4, 0.5) is 5.69 Å². The third-order valence-corrected chi connectivity index (χ3v) is 9.17. The molecule has 238 valence electrons. The smallest absolute Gasteiger partial charge is 0.322 e. The first-order chi connectivity index (χ1) is 21.4. The number of aliphatic carboxylic acids is 1. The molecule has 6 N–H and O–H groups in total. The molecule has 0 spiro atoms. The number of carbonyl (C=O) groups is 4. The van der Waals surface area contributed by atoms with Crippen LogP contribution in [-0.4, -0.2) is 80.7 Å². The molecule has 0 radical (unpaired) electrons. The molecular formula is C31H36N6O7S. The second-order valence-corrected chi connectivity index (χ2v) is 12.6. The number of likely N-dealkylation sites (tertiary alicyclic amines) is 1. The lowest BCUT2D eigenvalue weighted by Crippen LogP contribution is -2.46. The highest BCUT2D eigenvalue weighted by atomic mass is 32.2. The number of nitrogens with two attached hydrogens (primary N) is 1. The molecule has 13 nitrogen and oxygen atoms in total. The summed E-state index contributed by atoms with van der Waals surface area (Å²) >= 11 is 0. The van der Waals surface area contributed by atoms with Gasteiger partial charge in [-0.25, -0.2) is 13.1 Å². The van der Waals surface area contributed by atoms with E-state index in [0.29, 0.717) is 29.2 Å². The minimum absolute atomic E-state index is 0.0348. The molecule has 0 bridgehead atoms. The number of amides is 2. The predicted octanol–water partition coefficient (Wildman–Crippen LogP) is 1.84. The van der Waals surface area contributed by atoms with Gasteiger partial charge in [0, 0.05) is 38.0 Å². The first-order valence-corrected chi connectivity index (χ1v) is 15.9. The SMILES string of the molecule is Cc1cccc2c(S(=O)(=O)NC[C@H]3CCCN(C(=N)N)C3)cccc12.O=C(O)CNC(=O)CCN1C(=O)C(=O)c2ccccc21. The van der Waals surface area contributed by atoms with Gasteiger partial charge in [0.25, 0.3) is 11.7 Å². The van der Waals surface area contributed by atoms with Gasteiger partial charge in [0.2, 0.25) is 15.9 Å². The minimum Gasteiger partial charge on any atom is -0.480 e. The summed E-state index contributed by atoms with van der Waals surface area (Å²) in [7, 11) is -3.59. The lowest BCUT2D eigenvalue weighted by Gasteiger charge is -2.32. The van der Waals surface area contributed by atoms with Crippen molar-refractivity contribution < 1.29 is 32.7 Å². The van der Waals surface area contributed by atoms with Gasteiger partial charge < -0.3 is 26.0 Å². The third kappa shape index (κ3) is 8.02. The Bertz CT molecular complexity index is 1740. The van der Waals surface area contributed by atoms with E-state index in [1.165, 1.54) is 4.90 Å². The number of nitrogens with zero attached hydrogens (tertiary/aromatic N) is 2. The summed E-state index contributed by atoms with van der Waals surface area (Å²) in [6.07, 6.45) is 1.78. The van der Waals surface area contributed by atoms with E-state index in [1.807, 2.05) is 31.2 Å². The van der Waals surface area contributed by atoms with Crippen LogP contribution in [0.25, 0.3) is 10.8 Å². The predicted molar refractivity (Wildman–Crippen MR) is 168 cm³/mol. The van der Waals surface area contributed by atoms with Crippen molar-refractivity contribution in [2.45, 2.75) is 31.1 Å². The first kappa shape index (κ1) is 33.1. The van der Waals surface area contributed by atoms with E-state index in [0.717, 1.165) is 35.7 Å². The number of aryl methyl sites for hydroxylation is 1. The number of para-hydroxylation sites is 1. The Labute approximate surface area is 260 Å². The number of carboxylic acids is 1. The molecule has 2 aliphatic rings. The van der Waals surface area contributed by atoms with E-state index in [9.17, 15) is 27.6 Å². The number of ketones is 1. The lowest BCUT2D eigenvalue weighted by atomic mass is 9.99. The fourth-order valence-corrected chi connectivity index (χ4v) is 6.71. The number of benzene rings is 3. The van der Waals surface area contributed by atoms with E-state index in [4.69, 9.17) is 16.2 Å². The monoisotopic (exact) mass is 636 g/mol. The van der Waals surface area contributed by atoms with Gasteiger partial charge in [-0.15, -0.1) is 0 Å². The highest BCUT2D eigenvalue weighted by Gasteiger charge is 2.35. The standard InChI is InChI=1S/C18H24N4O2S.C13H12N2O5/c1-13-5-2-8-16-15(13)7-3-9-17(16)25(23,24)21-11-14-6-4-10-22(12-14)18(19)20;16-10(14-7-11(17)18)5-6-15-9-4-2-1-3-8(9)12(19)13(15)20/h2-3,5,7-9,14,21H,4,6,10-12H2,1H3,(H3,19,20);1-4H,5-7H2,(H,14,16)(H,17,18)/t14-;/m1./s1. The van der Waals surface area contributed by atoms with E-state index < -0.39 is 40.1 Å². The van der Waals surface area contributed by atoms with Gasteiger partial charge in [-0.05, 0) is 54.8 Å².